The average Bonchev–Trinajstić information content (AvgIpc) is 2.80. The molecule has 2 rings (SSSR count). The van der Waals surface area contributed by atoms with E-state index in [0.29, 0.717) is 18.8 Å². The van der Waals surface area contributed by atoms with Gasteiger partial charge in [-0.3, -0.25) is 0 Å². The van der Waals surface area contributed by atoms with Gasteiger partial charge in [-0.25, -0.2) is 0 Å². The largest absolute Gasteiger partial charge is 0.347 e. The Morgan fingerprint density at radius 2 is 1.87 bits per heavy atom. The van der Waals surface area contributed by atoms with Gasteiger partial charge >= 0.3 is 0 Å². The summed E-state index contributed by atoms with van der Waals surface area (Å²) in [5.74, 6) is 0. The molecule has 0 amide bonds. The first-order valence-corrected chi connectivity index (χ1v) is 4.80. The molecule has 3 heteroatoms. The predicted molar refractivity (Wildman–Crippen MR) is 55.9 cm³/mol. The maximum atomic E-state index is 8.62. The molecule has 0 atom stereocenters. The molecule has 1 heterocycles. The number of benzene rings is 1. The molecule has 1 saturated heterocycles. The van der Waals surface area contributed by atoms with E-state index in [1.807, 2.05) is 24.3 Å². The lowest BCUT2D eigenvalue weighted by Gasteiger charge is -2.01. The summed E-state index contributed by atoms with van der Waals surface area (Å²) in [4.78, 5) is 0. The summed E-state index contributed by atoms with van der Waals surface area (Å²) in [5, 5.41) is 8.62. The zero-order valence-corrected chi connectivity index (χ0v) is 8.22. The van der Waals surface area contributed by atoms with Crippen molar-refractivity contribution in [1.82, 2.24) is 0 Å². The molecule has 0 radical (unpaired) electrons. The van der Waals surface area contributed by atoms with Crippen LogP contribution in [0.15, 0.2) is 30.3 Å². The average molecular weight is 201 g/mol. The lowest BCUT2D eigenvalue weighted by molar-refractivity contribution is -0.000907. The highest BCUT2D eigenvalue weighted by Gasteiger charge is 2.11. The molecule has 15 heavy (non-hydrogen) atoms. The van der Waals surface area contributed by atoms with Gasteiger partial charge in [-0.15, -0.1) is 0 Å². The minimum atomic E-state index is -0.222. The molecule has 0 aromatic heterocycles. The van der Waals surface area contributed by atoms with E-state index >= 15 is 0 Å². The van der Waals surface area contributed by atoms with Gasteiger partial charge in [-0.1, -0.05) is 18.2 Å². The van der Waals surface area contributed by atoms with Crippen molar-refractivity contribution in [3.05, 3.63) is 41.5 Å². The Morgan fingerprint density at radius 1 is 1.20 bits per heavy atom. The molecule has 1 fully saturated rings. The van der Waals surface area contributed by atoms with E-state index in [0.717, 1.165) is 5.56 Å². The predicted octanol–water partition coefficient (Wildman–Crippen LogP) is 1.94. The molecule has 76 valence electrons. The highest BCUT2D eigenvalue weighted by molar-refractivity contribution is 5.51. The van der Waals surface area contributed by atoms with Crippen LogP contribution in [-0.4, -0.2) is 19.5 Å². The van der Waals surface area contributed by atoms with Crippen molar-refractivity contribution >= 4 is 6.08 Å². The van der Waals surface area contributed by atoms with E-state index in [1.54, 1.807) is 12.1 Å². The first-order chi connectivity index (χ1) is 7.38. The highest BCUT2D eigenvalue weighted by atomic mass is 16.7. The number of nitriles is 1. The van der Waals surface area contributed by atoms with Crippen LogP contribution < -0.4 is 0 Å². The van der Waals surface area contributed by atoms with Crippen molar-refractivity contribution in [2.24, 2.45) is 0 Å². The van der Waals surface area contributed by atoms with E-state index < -0.39 is 0 Å². The summed E-state index contributed by atoms with van der Waals surface area (Å²) in [7, 11) is 0. The summed E-state index contributed by atoms with van der Waals surface area (Å²) in [5.41, 5.74) is 1.70. The molecule has 3 nitrogen and oxygen atoms in total. The van der Waals surface area contributed by atoms with Crippen molar-refractivity contribution in [1.29, 1.82) is 5.26 Å². The van der Waals surface area contributed by atoms with Crippen LogP contribution in [0.5, 0.6) is 0 Å². The lowest BCUT2D eigenvalue weighted by Crippen LogP contribution is -2.01. The Morgan fingerprint density at radius 3 is 2.47 bits per heavy atom. The maximum Gasteiger partial charge on any atom is 0.177 e. The van der Waals surface area contributed by atoms with Crippen molar-refractivity contribution < 1.29 is 9.47 Å². The standard InChI is InChI=1S/C12H11NO2/c13-9-11-3-1-10(2-4-11)5-6-12-14-7-8-15-12/h1-6,12H,7-8H2. The van der Waals surface area contributed by atoms with Gasteiger partial charge in [0.25, 0.3) is 0 Å². The van der Waals surface area contributed by atoms with Crippen molar-refractivity contribution in [3.8, 4) is 6.07 Å². The van der Waals surface area contributed by atoms with Crippen LogP contribution in [0, 0.1) is 11.3 Å². The van der Waals surface area contributed by atoms with Gasteiger partial charge in [0.2, 0.25) is 0 Å². The molecule has 0 saturated carbocycles. The molecule has 1 aromatic carbocycles. The Hall–Kier alpha value is -1.63. The lowest BCUT2D eigenvalue weighted by atomic mass is 10.1. The zero-order chi connectivity index (χ0) is 10.5. The number of nitrogens with zero attached hydrogens (tertiary/aromatic N) is 1. The van der Waals surface area contributed by atoms with Gasteiger partial charge in [-0.05, 0) is 23.8 Å². The number of ether oxygens (including phenoxy) is 2. The van der Waals surface area contributed by atoms with E-state index in [-0.39, 0.29) is 6.29 Å². The molecular formula is C12H11NO2. The van der Waals surface area contributed by atoms with Crippen LogP contribution >= 0.6 is 0 Å². The minimum Gasteiger partial charge on any atom is -0.347 e. The Bertz CT molecular complexity index is 383. The quantitative estimate of drug-likeness (QED) is 0.734. The second kappa shape index (κ2) is 4.74. The molecule has 1 aromatic rings. The molecule has 1 aliphatic heterocycles. The van der Waals surface area contributed by atoms with Crippen LogP contribution in [0.4, 0.5) is 0 Å². The van der Waals surface area contributed by atoms with Crippen LogP contribution in [0.1, 0.15) is 11.1 Å². The highest BCUT2D eigenvalue weighted by Crippen LogP contribution is 2.09. The smallest absolute Gasteiger partial charge is 0.177 e. The monoisotopic (exact) mass is 201 g/mol. The molecular weight excluding hydrogens is 190 g/mol. The topological polar surface area (TPSA) is 42.2 Å². The van der Waals surface area contributed by atoms with Gasteiger partial charge in [-0.2, -0.15) is 5.26 Å². The fraction of sp³-hybridized carbons (Fsp3) is 0.250. The first kappa shape index (κ1) is 9.91. The van der Waals surface area contributed by atoms with E-state index in [9.17, 15) is 0 Å². The maximum absolute atomic E-state index is 8.62. The molecule has 0 bridgehead atoms. The second-order valence-corrected chi connectivity index (χ2v) is 3.20. The van der Waals surface area contributed by atoms with Crippen LogP contribution in [0.25, 0.3) is 6.08 Å². The van der Waals surface area contributed by atoms with Crippen LogP contribution in [0.3, 0.4) is 0 Å². The number of hydrogen-bond acceptors (Lipinski definition) is 3. The molecule has 1 aliphatic rings. The van der Waals surface area contributed by atoms with Crippen LogP contribution in [0.2, 0.25) is 0 Å². The van der Waals surface area contributed by atoms with Crippen LogP contribution in [-0.2, 0) is 9.47 Å². The SMILES string of the molecule is N#Cc1ccc(C=CC2OCCO2)cc1. The van der Waals surface area contributed by atoms with Crippen molar-refractivity contribution in [3.63, 3.8) is 0 Å². The minimum absolute atomic E-state index is 0.222. The second-order valence-electron chi connectivity index (χ2n) is 3.20. The fourth-order valence-corrected chi connectivity index (χ4v) is 1.35. The third kappa shape index (κ3) is 2.66. The van der Waals surface area contributed by atoms with Crippen molar-refractivity contribution in [2.45, 2.75) is 6.29 Å². The van der Waals surface area contributed by atoms with E-state index in [4.69, 9.17) is 14.7 Å². The molecule has 0 spiro atoms. The van der Waals surface area contributed by atoms with E-state index in [1.165, 1.54) is 0 Å². The Balaban J connectivity index is 2.01. The summed E-state index contributed by atoms with van der Waals surface area (Å²) in [6.45, 7) is 1.31. The number of rotatable bonds is 2. The summed E-state index contributed by atoms with van der Waals surface area (Å²) in [6, 6.07) is 9.44. The third-order valence-electron chi connectivity index (χ3n) is 2.13. The first-order valence-electron chi connectivity index (χ1n) is 4.80. The molecule has 0 N–H and O–H groups in total. The Kier molecular flexibility index (Phi) is 3.13. The third-order valence-corrected chi connectivity index (χ3v) is 2.13. The molecule has 0 aliphatic carbocycles. The van der Waals surface area contributed by atoms with Gasteiger partial charge in [0, 0.05) is 0 Å². The summed E-state index contributed by atoms with van der Waals surface area (Å²) < 4.78 is 10.5. The van der Waals surface area contributed by atoms with Gasteiger partial charge in [0.05, 0.1) is 24.8 Å². The zero-order valence-electron chi connectivity index (χ0n) is 8.22. The van der Waals surface area contributed by atoms with Crippen molar-refractivity contribution in [2.75, 3.05) is 13.2 Å². The summed E-state index contributed by atoms with van der Waals surface area (Å²) in [6.07, 6.45) is 3.58. The fourth-order valence-electron chi connectivity index (χ4n) is 1.35. The van der Waals surface area contributed by atoms with Gasteiger partial charge in [0.1, 0.15) is 0 Å². The normalized spacial score (nSPS) is 17.0. The number of hydrogen-bond donors (Lipinski definition) is 0. The van der Waals surface area contributed by atoms with Gasteiger partial charge < -0.3 is 9.47 Å². The van der Waals surface area contributed by atoms with E-state index in [2.05, 4.69) is 6.07 Å². The summed E-state index contributed by atoms with van der Waals surface area (Å²) >= 11 is 0. The molecule has 0 unspecified atom stereocenters. The Labute approximate surface area is 88.5 Å². The van der Waals surface area contributed by atoms with Gasteiger partial charge in [0.15, 0.2) is 6.29 Å².